The Bertz CT molecular complexity index is 893. The molecule has 0 unspecified atom stereocenters. The molecule has 1 heterocycles. The summed E-state index contributed by atoms with van der Waals surface area (Å²) in [7, 11) is 0. The number of hydrogen-bond acceptors (Lipinski definition) is 4. The van der Waals surface area contributed by atoms with Crippen molar-refractivity contribution in [3.63, 3.8) is 0 Å². The first kappa shape index (κ1) is 16.6. The molecular weight excluding hydrogens is 331 g/mol. The molecule has 0 spiro atoms. The topological polar surface area (TPSA) is 54.9 Å². The first-order chi connectivity index (χ1) is 12.0. The van der Waals surface area contributed by atoms with Crippen molar-refractivity contribution in [3.05, 3.63) is 71.9 Å². The van der Waals surface area contributed by atoms with Crippen molar-refractivity contribution in [3.8, 4) is 11.3 Å². The molecule has 1 aromatic heterocycles. The van der Waals surface area contributed by atoms with Crippen LogP contribution in [0.2, 0.25) is 0 Å². The van der Waals surface area contributed by atoms with Crippen LogP contribution in [0.25, 0.3) is 11.3 Å². The lowest BCUT2D eigenvalue weighted by Gasteiger charge is -2.10. The zero-order valence-electron chi connectivity index (χ0n) is 12.8. The van der Waals surface area contributed by atoms with Crippen molar-refractivity contribution in [1.29, 1.82) is 0 Å². The van der Waals surface area contributed by atoms with Gasteiger partial charge >= 0.3 is 6.18 Å². The number of nitrogens with zero attached hydrogens (tertiary/aromatic N) is 2. The highest BCUT2D eigenvalue weighted by Crippen LogP contribution is 2.30. The predicted molar refractivity (Wildman–Crippen MR) is 87.6 cm³/mol. The van der Waals surface area contributed by atoms with E-state index in [0.29, 0.717) is 22.5 Å². The first-order valence-electron chi connectivity index (χ1n) is 7.29. The fourth-order valence-electron chi connectivity index (χ4n) is 2.27. The van der Waals surface area contributed by atoms with Crippen LogP contribution in [0.4, 0.5) is 24.8 Å². The van der Waals surface area contributed by atoms with E-state index in [2.05, 4.69) is 15.3 Å². The van der Waals surface area contributed by atoms with Crippen LogP contribution >= 0.6 is 0 Å². The molecule has 0 amide bonds. The molecule has 0 aliphatic rings. The third kappa shape index (κ3) is 3.82. The number of aromatic nitrogens is 2. The van der Waals surface area contributed by atoms with E-state index < -0.39 is 11.7 Å². The number of aldehydes is 1. The average molecular weight is 343 g/mol. The van der Waals surface area contributed by atoms with Gasteiger partial charge in [0.25, 0.3) is 0 Å². The van der Waals surface area contributed by atoms with Gasteiger partial charge in [0, 0.05) is 23.0 Å². The Labute approximate surface area is 141 Å². The Balaban J connectivity index is 1.86. The normalized spacial score (nSPS) is 11.2. The van der Waals surface area contributed by atoms with Gasteiger partial charge in [-0.1, -0.05) is 24.3 Å². The Hall–Kier alpha value is -3.22. The van der Waals surface area contributed by atoms with E-state index in [1.54, 1.807) is 30.3 Å². The molecule has 0 aliphatic carbocycles. The number of carbonyl (C=O) groups is 1. The SMILES string of the molecule is O=Cc1ccccc1-c1ccnc(Nc2ccc(C(F)(F)F)cc2)n1. The highest BCUT2D eigenvalue weighted by atomic mass is 19.4. The molecule has 0 aliphatic heterocycles. The summed E-state index contributed by atoms with van der Waals surface area (Å²) >= 11 is 0. The van der Waals surface area contributed by atoms with Gasteiger partial charge in [0.1, 0.15) is 0 Å². The van der Waals surface area contributed by atoms with Crippen molar-refractivity contribution < 1.29 is 18.0 Å². The molecule has 2 aromatic carbocycles. The summed E-state index contributed by atoms with van der Waals surface area (Å²) in [6.45, 7) is 0. The number of nitrogens with one attached hydrogen (secondary N) is 1. The van der Waals surface area contributed by atoms with Crippen LogP contribution in [0.3, 0.4) is 0 Å². The third-order valence-electron chi connectivity index (χ3n) is 3.49. The summed E-state index contributed by atoms with van der Waals surface area (Å²) in [5.74, 6) is 0.220. The van der Waals surface area contributed by atoms with E-state index in [1.165, 1.54) is 18.3 Å². The van der Waals surface area contributed by atoms with Crippen LogP contribution in [0.5, 0.6) is 0 Å². The standard InChI is InChI=1S/C18H12F3N3O/c19-18(20,21)13-5-7-14(8-6-13)23-17-22-10-9-16(24-17)15-4-2-1-3-12(15)11-25/h1-11H,(H,22,23,24). The molecular formula is C18H12F3N3O. The van der Waals surface area contributed by atoms with Crippen molar-refractivity contribution in [2.45, 2.75) is 6.18 Å². The molecule has 25 heavy (non-hydrogen) atoms. The minimum atomic E-state index is -4.38. The van der Waals surface area contributed by atoms with Crippen LogP contribution in [-0.4, -0.2) is 16.3 Å². The quantitative estimate of drug-likeness (QED) is 0.697. The number of rotatable bonds is 4. The van der Waals surface area contributed by atoms with Gasteiger partial charge in [-0.05, 0) is 30.3 Å². The molecule has 0 fully saturated rings. The maximum atomic E-state index is 12.6. The number of benzene rings is 2. The zero-order chi connectivity index (χ0) is 17.9. The van der Waals surface area contributed by atoms with E-state index in [4.69, 9.17) is 0 Å². The minimum absolute atomic E-state index is 0.220. The van der Waals surface area contributed by atoms with Gasteiger partial charge in [-0.3, -0.25) is 4.79 Å². The second kappa shape index (κ2) is 6.72. The molecule has 7 heteroatoms. The molecule has 3 rings (SSSR count). The van der Waals surface area contributed by atoms with Crippen LogP contribution in [0.1, 0.15) is 15.9 Å². The largest absolute Gasteiger partial charge is 0.416 e. The average Bonchev–Trinajstić information content (AvgIpc) is 2.61. The summed E-state index contributed by atoms with van der Waals surface area (Å²) in [5.41, 5.74) is 1.37. The van der Waals surface area contributed by atoms with Crippen molar-refractivity contribution in [2.24, 2.45) is 0 Å². The molecule has 4 nitrogen and oxygen atoms in total. The lowest BCUT2D eigenvalue weighted by molar-refractivity contribution is -0.137. The van der Waals surface area contributed by atoms with Crippen molar-refractivity contribution >= 4 is 17.9 Å². The highest BCUT2D eigenvalue weighted by Gasteiger charge is 2.29. The Morgan fingerprint density at radius 2 is 1.68 bits per heavy atom. The fraction of sp³-hybridized carbons (Fsp3) is 0.0556. The van der Waals surface area contributed by atoms with Gasteiger partial charge in [0.05, 0.1) is 11.3 Å². The second-order valence-electron chi connectivity index (χ2n) is 5.17. The number of halogens is 3. The molecule has 1 N–H and O–H groups in total. The van der Waals surface area contributed by atoms with Crippen LogP contribution < -0.4 is 5.32 Å². The molecule has 0 atom stereocenters. The fourth-order valence-corrected chi connectivity index (χ4v) is 2.27. The maximum absolute atomic E-state index is 12.6. The molecule has 3 aromatic rings. The highest BCUT2D eigenvalue weighted by molar-refractivity contribution is 5.86. The zero-order valence-corrected chi connectivity index (χ0v) is 12.8. The minimum Gasteiger partial charge on any atom is -0.324 e. The predicted octanol–water partition coefficient (Wildman–Crippen LogP) is 4.72. The third-order valence-corrected chi connectivity index (χ3v) is 3.49. The molecule has 0 bridgehead atoms. The van der Waals surface area contributed by atoms with Crippen molar-refractivity contribution in [1.82, 2.24) is 9.97 Å². The summed E-state index contributed by atoms with van der Waals surface area (Å²) in [6.07, 6.45) is -2.13. The van der Waals surface area contributed by atoms with Gasteiger partial charge in [-0.25, -0.2) is 9.97 Å². The molecule has 0 radical (unpaired) electrons. The number of carbonyl (C=O) groups excluding carboxylic acids is 1. The van der Waals surface area contributed by atoms with E-state index in [9.17, 15) is 18.0 Å². The Kier molecular flexibility index (Phi) is 4.47. The van der Waals surface area contributed by atoms with Crippen LogP contribution in [0.15, 0.2) is 60.8 Å². The Morgan fingerprint density at radius 1 is 0.960 bits per heavy atom. The summed E-state index contributed by atoms with van der Waals surface area (Å²) in [5, 5.41) is 2.85. The van der Waals surface area contributed by atoms with Crippen molar-refractivity contribution in [2.75, 3.05) is 5.32 Å². The monoisotopic (exact) mass is 343 g/mol. The second-order valence-corrected chi connectivity index (χ2v) is 5.17. The van der Waals surface area contributed by atoms with Gasteiger partial charge in [-0.15, -0.1) is 0 Å². The van der Waals surface area contributed by atoms with Gasteiger partial charge in [0.2, 0.25) is 5.95 Å². The smallest absolute Gasteiger partial charge is 0.324 e. The van der Waals surface area contributed by atoms with E-state index in [0.717, 1.165) is 18.4 Å². The molecule has 0 saturated carbocycles. The van der Waals surface area contributed by atoms with E-state index >= 15 is 0 Å². The van der Waals surface area contributed by atoms with Gasteiger partial charge in [0.15, 0.2) is 6.29 Å². The molecule has 126 valence electrons. The number of hydrogen-bond donors (Lipinski definition) is 1. The van der Waals surface area contributed by atoms with E-state index in [1.807, 2.05) is 0 Å². The lowest BCUT2D eigenvalue weighted by Crippen LogP contribution is -2.05. The number of alkyl halides is 3. The van der Waals surface area contributed by atoms with Crippen LogP contribution in [-0.2, 0) is 6.18 Å². The Morgan fingerprint density at radius 3 is 2.36 bits per heavy atom. The van der Waals surface area contributed by atoms with Gasteiger partial charge in [-0.2, -0.15) is 13.2 Å². The lowest BCUT2D eigenvalue weighted by atomic mass is 10.1. The summed E-state index contributed by atoms with van der Waals surface area (Å²) < 4.78 is 37.8. The molecule has 0 saturated heterocycles. The summed E-state index contributed by atoms with van der Waals surface area (Å²) in [4.78, 5) is 19.5. The summed E-state index contributed by atoms with van der Waals surface area (Å²) in [6, 6.07) is 13.2. The van der Waals surface area contributed by atoms with Gasteiger partial charge < -0.3 is 5.32 Å². The van der Waals surface area contributed by atoms with E-state index in [-0.39, 0.29) is 5.95 Å². The first-order valence-corrected chi connectivity index (χ1v) is 7.29. The maximum Gasteiger partial charge on any atom is 0.416 e. The van der Waals surface area contributed by atoms with Crippen LogP contribution in [0, 0.1) is 0 Å². The number of anilines is 2.